The van der Waals surface area contributed by atoms with Gasteiger partial charge in [0, 0.05) is 12.1 Å². The van der Waals surface area contributed by atoms with E-state index in [0.29, 0.717) is 5.69 Å². The molecule has 0 aromatic heterocycles. The molecule has 0 atom stereocenters. The Morgan fingerprint density at radius 1 is 1.30 bits per heavy atom. The van der Waals surface area contributed by atoms with Gasteiger partial charge in [-0.15, -0.1) is 0 Å². The lowest BCUT2D eigenvalue weighted by Crippen LogP contribution is -2.26. The van der Waals surface area contributed by atoms with Crippen LogP contribution in [0.3, 0.4) is 0 Å². The monoisotopic (exact) mass is 314 g/mol. The molecule has 0 spiro atoms. The maximum Gasteiger partial charge on any atom is 0.239 e. The summed E-state index contributed by atoms with van der Waals surface area (Å²) in [4.78, 5) is 11.8. The smallest absolute Gasteiger partial charge is 0.239 e. The topological polar surface area (TPSA) is 89.3 Å². The lowest BCUT2D eigenvalue weighted by atomic mass is 10.1. The Bertz CT molecular complexity index is 580. The van der Waals surface area contributed by atoms with Gasteiger partial charge in [0.25, 0.3) is 0 Å². The highest BCUT2D eigenvalue weighted by Crippen LogP contribution is 2.10. The summed E-state index contributed by atoms with van der Waals surface area (Å²) >= 11 is 4.62. The second-order valence-corrected chi connectivity index (χ2v) is 7.12. The number of benzene rings is 1. The molecule has 0 unspecified atom stereocenters. The standard InChI is InChI=1S/C13H18N2O3S2/c1-2-10-3-5-11(6-4-10)15-13(16)9-20(17,18)8-7-12(14)19/h3-6H,2,7-9H2,1H3,(H2,14,19)(H,15,16). The molecular weight excluding hydrogens is 296 g/mol. The van der Waals surface area contributed by atoms with Gasteiger partial charge in [-0.2, -0.15) is 0 Å². The van der Waals surface area contributed by atoms with Gasteiger partial charge in [0.2, 0.25) is 5.91 Å². The second kappa shape index (κ2) is 7.35. The van der Waals surface area contributed by atoms with Gasteiger partial charge in [-0.25, -0.2) is 8.42 Å². The first-order chi connectivity index (χ1) is 9.32. The van der Waals surface area contributed by atoms with Crippen molar-refractivity contribution in [2.75, 3.05) is 16.8 Å². The summed E-state index contributed by atoms with van der Waals surface area (Å²) < 4.78 is 23.3. The SMILES string of the molecule is CCc1ccc(NC(=O)CS(=O)(=O)CCC(N)=S)cc1. The molecule has 1 amide bonds. The number of amides is 1. The van der Waals surface area contributed by atoms with E-state index in [1.807, 2.05) is 19.1 Å². The number of thiocarbonyl (C=S) groups is 1. The van der Waals surface area contributed by atoms with Crippen LogP contribution in [0.25, 0.3) is 0 Å². The quantitative estimate of drug-likeness (QED) is 0.740. The third kappa shape index (κ3) is 6.12. The summed E-state index contributed by atoms with van der Waals surface area (Å²) in [5.41, 5.74) is 6.97. The van der Waals surface area contributed by atoms with Crippen molar-refractivity contribution in [2.24, 2.45) is 5.73 Å². The van der Waals surface area contributed by atoms with E-state index in [4.69, 9.17) is 5.73 Å². The van der Waals surface area contributed by atoms with E-state index in [0.717, 1.165) is 12.0 Å². The zero-order valence-corrected chi connectivity index (χ0v) is 12.9. The first-order valence-electron chi connectivity index (χ1n) is 6.20. The van der Waals surface area contributed by atoms with Crippen LogP contribution in [0.5, 0.6) is 0 Å². The van der Waals surface area contributed by atoms with Crippen LogP contribution in [-0.2, 0) is 21.1 Å². The summed E-state index contributed by atoms with van der Waals surface area (Å²) in [5.74, 6) is -1.33. The lowest BCUT2D eigenvalue weighted by molar-refractivity contribution is -0.113. The van der Waals surface area contributed by atoms with Crippen molar-refractivity contribution in [1.29, 1.82) is 0 Å². The summed E-state index contributed by atoms with van der Waals surface area (Å²) in [6.45, 7) is 2.03. The van der Waals surface area contributed by atoms with E-state index in [-0.39, 0.29) is 17.2 Å². The average Bonchev–Trinajstić information content (AvgIpc) is 2.37. The van der Waals surface area contributed by atoms with Crippen molar-refractivity contribution in [3.05, 3.63) is 29.8 Å². The summed E-state index contributed by atoms with van der Waals surface area (Å²) in [6.07, 6.45) is 0.998. The molecule has 1 aromatic rings. The number of anilines is 1. The minimum Gasteiger partial charge on any atom is -0.393 e. The maximum absolute atomic E-state index is 11.7. The molecule has 0 aliphatic carbocycles. The third-order valence-corrected chi connectivity index (χ3v) is 4.39. The van der Waals surface area contributed by atoms with Gasteiger partial charge in [-0.3, -0.25) is 4.79 Å². The van der Waals surface area contributed by atoms with E-state index in [1.165, 1.54) is 0 Å². The van der Waals surface area contributed by atoms with Crippen LogP contribution in [0.1, 0.15) is 18.9 Å². The molecule has 0 aliphatic rings. The van der Waals surface area contributed by atoms with Gasteiger partial charge in [-0.1, -0.05) is 31.3 Å². The van der Waals surface area contributed by atoms with Gasteiger partial charge in [0.05, 0.1) is 10.7 Å². The highest BCUT2D eigenvalue weighted by molar-refractivity contribution is 7.92. The Morgan fingerprint density at radius 3 is 2.40 bits per heavy atom. The number of rotatable bonds is 7. The number of aryl methyl sites for hydroxylation is 1. The minimum atomic E-state index is -3.49. The lowest BCUT2D eigenvalue weighted by Gasteiger charge is -2.07. The van der Waals surface area contributed by atoms with Crippen molar-refractivity contribution in [3.8, 4) is 0 Å². The highest BCUT2D eigenvalue weighted by Gasteiger charge is 2.17. The fourth-order valence-corrected chi connectivity index (χ4v) is 2.93. The van der Waals surface area contributed by atoms with E-state index >= 15 is 0 Å². The largest absolute Gasteiger partial charge is 0.393 e. The molecule has 1 rings (SSSR count). The van der Waals surface area contributed by atoms with E-state index in [1.54, 1.807) is 12.1 Å². The number of carbonyl (C=O) groups excluding carboxylic acids is 1. The van der Waals surface area contributed by atoms with Crippen LogP contribution in [0.2, 0.25) is 0 Å². The Labute approximate surface area is 124 Å². The molecule has 0 saturated carbocycles. The number of nitrogens with two attached hydrogens (primary N) is 1. The van der Waals surface area contributed by atoms with Crippen molar-refractivity contribution in [2.45, 2.75) is 19.8 Å². The van der Waals surface area contributed by atoms with Gasteiger partial charge >= 0.3 is 0 Å². The molecular formula is C13H18N2O3S2. The summed E-state index contributed by atoms with van der Waals surface area (Å²) in [5, 5.41) is 2.55. The molecule has 7 heteroatoms. The van der Waals surface area contributed by atoms with E-state index < -0.39 is 21.5 Å². The zero-order chi connectivity index (χ0) is 15.2. The molecule has 0 bridgehead atoms. The molecule has 110 valence electrons. The first kappa shape index (κ1) is 16.6. The van der Waals surface area contributed by atoms with Gasteiger partial charge < -0.3 is 11.1 Å². The molecule has 0 fully saturated rings. The van der Waals surface area contributed by atoms with Crippen LogP contribution in [0, 0.1) is 0 Å². The van der Waals surface area contributed by atoms with Crippen molar-refractivity contribution in [3.63, 3.8) is 0 Å². The van der Waals surface area contributed by atoms with Crippen LogP contribution < -0.4 is 11.1 Å². The normalized spacial score (nSPS) is 11.1. The van der Waals surface area contributed by atoms with Crippen LogP contribution >= 0.6 is 12.2 Å². The number of carbonyl (C=O) groups is 1. The summed E-state index contributed by atoms with van der Waals surface area (Å²) in [6, 6.07) is 7.27. The Balaban J connectivity index is 2.56. The number of hydrogen-bond acceptors (Lipinski definition) is 4. The first-order valence-corrected chi connectivity index (χ1v) is 8.43. The fraction of sp³-hybridized carbons (Fsp3) is 0.385. The van der Waals surface area contributed by atoms with Gasteiger partial charge in [0.1, 0.15) is 5.75 Å². The molecule has 3 N–H and O–H groups in total. The van der Waals surface area contributed by atoms with Crippen LogP contribution in [0.4, 0.5) is 5.69 Å². The number of nitrogens with one attached hydrogen (secondary N) is 1. The zero-order valence-electron chi connectivity index (χ0n) is 11.3. The Morgan fingerprint density at radius 2 is 1.90 bits per heavy atom. The maximum atomic E-state index is 11.7. The predicted molar refractivity (Wildman–Crippen MR) is 84.5 cm³/mol. The van der Waals surface area contributed by atoms with Crippen molar-refractivity contribution >= 4 is 38.6 Å². The molecule has 0 saturated heterocycles. The molecule has 1 aromatic carbocycles. The average molecular weight is 314 g/mol. The number of hydrogen-bond donors (Lipinski definition) is 2. The minimum absolute atomic E-state index is 0.0934. The van der Waals surface area contributed by atoms with Crippen LogP contribution in [-0.4, -0.2) is 30.8 Å². The van der Waals surface area contributed by atoms with Crippen LogP contribution in [0.15, 0.2) is 24.3 Å². The predicted octanol–water partition coefficient (Wildman–Crippen LogP) is 1.28. The highest BCUT2D eigenvalue weighted by atomic mass is 32.2. The van der Waals surface area contributed by atoms with E-state index in [2.05, 4.69) is 17.5 Å². The van der Waals surface area contributed by atoms with Crippen molar-refractivity contribution < 1.29 is 13.2 Å². The van der Waals surface area contributed by atoms with Gasteiger partial charge in [-0.05, 0) is 24.1 Å². The molecule has 0 aliphatic heterocycles. The fourth-order valence-electron chi connectivity index (χ4n) is 1.55. The summed E-state index contributed by atoms with van der Waals surface area (Å²) in [7, 11) is -3.49. The Kier molecular flexibility index (Phi) is 6.09. The molecule has 20 heavy (non-hydrogen) atoms. The second-order valence-electron chi connectivity index (χ2n) is 4.41. The molecule has 0 radical (unpaired) electrons. The number of sulfone groups is 1. The third-order valence-electron chi connectivity index (χ3n) is 2.66. The molecule has 0 heterocycles. The van der Waals surface area contributed by atoms with Crippen molar-refractivity contribution in [1.82, 2.24) is 0 Å². The van der Waals surface area contributed by atoms with Gasteiger partial charge in [0.15, 0.2) is 9.84 Å². The molecule has 5 nitrogen and oxygen atoms in total. The Hall–Kier alpha value is -1.47. The van der Waals surface area contributed by atoms with E-state index in [9.17, 15) is 13.2 Å².